The molecule has 38 heavy (non-hydrogen) atoms. The first-order valence-corrected chi connectivity index (χ1v) is 12.8. The number of anilines is 1. The third-order valence-electron chi connectivity index (χ3n) is 5.89. The summed E-state index contributed by atoms with van der Waals surface area (Å²) in [6.45, 7) is 2.48. The van der Waals surface area contributed by atoms with E-state index >= 15 is 0 Å². The number of alkyl halides is 2. The van der Waals surface area contributed by atoms with Gasteiger partial charge in [-0.2, -0.15) is 0 Å². The molecule has 0 spiro atoms. The summed E-state index contributed by atoms with van der Waals surface area (Å²) in [6, 6.07) is 2.65. The number of halogens is 2. The van der Waals surface area contributed by atoms with E-state index in [9.17, 15) is 18.4 Å². The second-order valence-corrected chi connectivity index (χ2v) is 9.91. The van der Waals surface area contributed by atoms with E-state index in [-0.39, 0.29) is 35.7 Å². The SMILES string of the molecule is CNSC(=N)C#CC1CC1.COc1cnc(C(F)F)cc1-c1cc(N2CCC(C)CC2=O)ncc1C(N)=O.[HH]. The summed E-state index contributed by atoms with van der Waals surface area (Å²) in [6.07, 6.45) is 3.27. The maximum absolute atomic E-state index is 13.2. The Labute approximate surface area is 226 Å². The highest BCUT2D eigenvalue weighted by molar-refractivity contribution is 8.12. The molecular formula is C26H32F2N6O3S. The van der Waals surface area contributed by atoms with E-state index in [0.717, 1.165) is 18.7 Å². The molecule has 9 nitrogen and oxygen atoms in total. The quantitative estimate of drug-likeness (QED) is 0.211. The lowest BCUT2D eigenvalue weighted by molar-refractivity contribution is -0.120. The minimum absolute atomic E-state index is 0. The van der Waals surface area contributed by atoms with Gasteiger partial charge in [-0.3, -0.25) is 29.6 Å². The normalized spacial score (nSPS) is 16.7. The number of amides is 2. The van der Waals surface area contributed by atoms with Crippen LogP contribution in [0.15, 0.2) is 24.5 Å². The van der Waals surface area contributed by atoms with Crippen molar-refractivity contribution in [2.75, 3.05) is 25.6 Å². The fraction of sp³-hybridized carbons (Fsp3) is 0.423. The highest BCUT2D eigenvalue weighted by atomic mass is 32.2. The molecule has 1 saturated heterocycles. The Bertz CT molecular complexity index is 1270. The molecule has 0 aromatic carbocycles. The topological polar surface area (TPSA) is 134 Å². The third-order valence-corrected chi connectivity index (χ3v) is 6.41. The number of piperidine rings is 1. The summed E-state index contributed by atoms with van der Waals surface area (Å²) >= 11 is 1.26. The molecule has 2 fully saturated rings. The Morgan fingerprint density at radius 3 is 2.61 bits per heavy atom. The van der Waals surface area contributed by atoms with E-state index in [1.54, 1.807) is 7.05 Å². The van der Waals surface area contributed by atoms with Gasteiger partial charge < -0.3 is 10.5 Å². The lowest BCUT2D eigenvalue weighted by Gasteiger charge is -2.29. The van der Waals surface area contributed by atoms with E-state index in [1.807, 2.05) is 6.92 Å². The van der Waals surface area contributed by atoms with Crippen LogP contribution in [0.4, 0.5) is 14.6 Å². The minimum Gasteiger partial charge on any atom is -0.494 e. The highest BCUT2D eigenvalue weighted by Gasteiger charge is 2.27. The number of nitrogens with one attached hydrogen (secondary N) is 2. The third kappa shape index (κ3) is 7.72. The van der Waals surface area contributed by atoms with E-state index in [2.05, 4.69) is 26.5 Å². The molecule has 1 aliphatic carbocycles. The summed E-state index contributed by atoms with van der Waals surface area (Å²) < 4.78 is 34.3. The summed E-state index contributed by atoms with van der Waals surface area (Å²) in [5, 5.41) is 7.65. The maximum atomic E-state index is 13.2. The zero-order valence-electron chi connectivity index (χ0n) is 21.4. The van der Waals surface area contributed by atoms with Crippen LogP contribution in [0.1, 0.15) is 56.5 Å². The summed E-state index contributed by atoms with van der Waals surface area (Å²) in [7, 11) is 3.15. The first kappa shape index (κ1) is 29.0. The molecule has 3 heterocycles. The summed E-state index contributed by atoms with van der Waals surface area (Å²) in [4.78, 5) is 33.7. The Morgan fingerprint density at radius 1 is 1.29 bits per heavy atom. The molecule has 1 aliphatic heterocycles. The molecule has 204 valence electrons. The summed E-state index contributed by atoms with van der Waals surface area (Å²) in [5.74, 6) is 6.33. The van der Waals surface area contributed by atoms with Crippen molar-refractivity contribution in [2.45, 2.75) is 39.0 Å². The predicted molar refractivity (Wildman–Crippen MR) is 145 cm³/mol. The van der Waals surface area contributed by atoms with Gasteiger partial charge in [-0.25, -0.2) is 13.8 Å². The van der Waals surface area contributed by atoms with Crippen LogP contribution in [-0.4, -0.2) is 47.5 Å². The average Bonchev–Trinajstić information content (AvgIpc) is 3.72. The molecule has 4 N–H and O–H groups in total. The fourth-order valence-electron chi connectivity index (χ4n) is 3.71. The van der Waals surface area contributed by atoms with Crippen LogP contribution in [0.2, 0.25) is 0 Å². The van der Waals surface area contributed by atoms with Crippen LogP contribution in [0.3, 0.4) is 0 Å². The number of carbonyl (C=O) groups is 2. The monoisotopic (exact) mass is 546 g/mol. The number of aromatic nitrogens is 2. The average molecular weight is 547 g/mol. The second-order valence-electron chi connectivity index (χ2n) is 8.88. The van der Waals surface area contributed by atoms with Crippen molar-refractivity contribution in [3.63, 3.8) is 0 Å². The van der Waals surface area contributed by atoms with Crippen molar-refractivity contribution in [1.82, 2.24) is 14.7 Å². The van der Waals surface area contributed by atoms with Crippen molar-refractivity contribution in [1.29, 1.82) is 5.41 Å². The molecule has 0 radical (unpaired) electrons. The number of methoxy groups -OCH3 is 1. The number of ether oxygens (including phenoxy) is 1. The van der Waals surface area contributed by atoms with Gasteiger partial charge in [0.25, 0.3) is 12.3 Å². The molecule has 1 atom stereocenters. The standard InChI is InChI=1S/C19H20F2N4O3.C7H10N2S.H2/c1-10-3-4-25(17(26)5-10)16-7-11(13(8-24-16)19(22)27)12-6-14(18(20)21)23-9-15(12)28-2;1-9-10-7(8)5-4-6-2-3-6;/h6-10,18H,3-5H2,1-2H3,(H2,22,27);6,8-9H,2-3H2,1H3;1H. The Morgan fingerprint density at radius 2 is 2.03 bits per heavy atom. The molecule has 2 amide bonds. The number of nitrogens with zero attached hydrogens (tertiary/aromatic N) is 3. The molecule has 2 aliphatic rings. The van der Waals surface area contributed by atoms with Crippen LogP contribution in [-0.2, 0) is 4.79 Å². The first-order valence-electron chi connectivity index (χ1n) is 12.0. The van der Waals surface area contributed by atoms with Crippen LogP contribution in [0, 0.1) is 29.1 Å². The van der Waals surface area contributed by atoms with Crippen molar-refractivity contribution in [3.05, 3.63) is 35.8 Å². The zero-order valence-corrected chi connectivity index (χ0v) is 22.2. The molecule has 2 aromatic heterocycles. The fourth-order valence-corrected chi connectivity index (χ4v) is 4.03. The lowest BCUT2D eigenvalue weighted by atomic mass is 9.97. The highest BCUT2D eigenvalue weighted by Crippen LogP contribution is 2.36. The second kappa shape index (κ2) is 13.3. The number of hydrogen-bond acceptors (Lipinski definition) is 8. The Hall–Kier alpha value is -3.56. The van der Waals surface area contributed by atoms with Gasteiger partial charge in [0, 0.05) is 37.6 Å². The smallest absolute Gasteiger partial charge is 0.280 e. The van der Waals surface area contributed by atoms with Gasteiger partial charge in [0.05, 0.1) is 18.9 Å². The maximum Gasteiger partial charge on any atom is 0.280 e. The zero-order chi connectivity index (χ0) is 27.8. The van der Waals surface area contributed by atoms with Crippen molar-refractivity contribution in [2.24, 2.45) is 17.6 Å². The van der Waals surface area contributed by atoms with Gasteiger partial charge >= 0.3 is 0 Å². The molecule has 2 aromatic rings. The van der Waals surface area contributed by atoms with Crippen LogP contribution in [0.5, 0.6) is 5.75 Å². The molecule has 1 saturated carbocycles. The van der Waals surface area contributed by atoms with E-state index in [1.165, 1.54) is 49.1 Å². The van der Waals surface area contributed by atoms with Crippen LogP contribution < -0.4 is 20.1 Å². The van der Waals surface area contributed by atoms with Gasteiger partial charge in [-0.05, 0) is 62.2 Å². The molecule has 12 heteroatoms. The molecule has 1 unspecified atom stereocenters. The van der Waals surface area contributed by atoms with Gasteiger partial charge in [-0.15, -0.1) is 0 Å². The van der Waals surface area contributed by atoms with Crippen molar-refractivity contribution >= 4 is 34.6 Å². The van der Waals surface area contributed by atoms with Crippen LogP contribution in [0.25, 0.3) is 11.1 Å². The molecular weight excluding hydrogens is 514 g/mol. The number of hydrogen-bond donors (Lipinski definition) is 3. The predicted octanol–water partition coefficient (Wildman–Crippen LogP) is 4.44. The van der Waals surface area contributed by atoms with Crippen molar-refractivity contribution < 1.29 is 24.5 Å². The van der Waals surface area contributed by atoms with E-state index in [4.69, 9.17) is 15.9 Å². The van der Waals surface area contributed by atoms with Crippen molar-refractivity contribution in [3.8, 4) is 28.7 Å². The minimum atomic E-state index is -2.80. The summed E-state index contributed by atoms with van der Waals surface area (Å²) in [5.41, 5.74) is 5.50. The number of nitrogens with two attached hydrogens (primary N) is 1. The molecule has 0 bridgehead atoms. The van der Waals surface area contributed by atoms with E-state index < -0.39 is 18.0 Å². The van der Waals surface area contributed by atoms with E-state index in [0.29, 0.717) is 29.7 Å². The number of rotatable bonds is 6. The first-order chi connectivity index (χ1) is 18.1. The largest absolute Gasteiger partial charge is 0.494 e. The van der Waals surface area contributed by atoms with Gasteiger partial charge in [0.2, 0.25) is 5.91 Å². The lowest BCUT2D eigenvalue weighted by Crippen LogP contribution is -2.38. The number of primary amides is 1. The number of pyridine rings is 2. The van der Waals surface area contributed by atoms with Gasteiger partial charge in [-0.1, -0.05) is 12.8 Å². The Balaban J connectivity index is 0.000000410. The van der Waals surface area contributed by atoms with Gasteiger partial charge in [0.1, 0.15) is 17.3 Å². The number of carbonyl (C=O) groups excluding carboxylic acids is 2. The molecule has 4 rings (SSSR count). The Kier molecular flexibility index (Phi) is 10.2. The van der Waals surface area contributed by atoms with Crippen LogP contribution >= 0.6 is 11.9 Å². The van der Waals surface area contributed by atoms with Gasteiger partial charge in [0.15, 0.2) is 5.04 Å².